The molecule has 4 heterocycles. The second kappa shape index (κ2) is 7.20. The summed E-state index contributed by atoms with van der Waals surface area (Å²) in [6, 6.07) is 5.36. The molecule has 4 rings (SSSR count). The summed E-state index contributed by atoms with van der Waals surface area (Å²) < 4.78 is 12.5. The van der Waals surface area contributed by atoms with E-state index < -0.39 is 11.5 Å². The fourth-order valence-electron chi connectivity index (χ4n) is 3.62. The first-order valence-corrected chi connectivity index (χ1v) is 9.30. The van der Waals surface area contributed by atoms with E-state index in [2.05, 4.69) is 15.4 Å². The van der Waals surface area contributed by atoms with Gasteiger partial charge in [-0.05, 0) is 51.3 Å². The second-order valence-electron chi connectivity index (χ2n) is 7.17. The number of anilines is 1. The van der Waals surface area contributed by atoms with E-state index in [-0.39, 0.29) is 11.5 Å². The Labute approximate surface area is 161 Å². The van der Waals surface area contributed by atoms with E-state index in [4.69, 9.17) is 9.15 Å². The molecule has 0 bridgehead atoms. The Kier molecular flexibility index (Phi) is 4.72. The molecule has 1 aliphatic rings. The van der Waals surface area contributed by atoms with Crippen molar-refractivity contribution in [2.45, 2.75) is 39.5 Å². The third kappa shape index (κ3) is 3.43. The van der Waals surface area contributed by atoms with Crippen LogP contribution >= 0.6 is 0 Å². The maximum absolute atomic E-state index is 12.7. The maximum atomic E-state index is 12.7. The SMILES string of the molecule is Cc1cc(C)n2nc(NC(=O)c3c(C)cc(C4CCOCC4)oc3=O)cc2n1. The van der Waals surface area contributed by atoms with Crippen molar-refractivity contribution in [2.24, 2.45) is 0 Å². The third-order valence-corrected chi connectivity index (χ3v) is 4.99. The molecule has 146 valence electrons. The number of amides is 1. The molecule has 0 atom stereocenters. The van der Waals surface area contributed by atoms with Crippen molar-refractivity contribution in [1.82, 2.24) is 14.6 Å². The van der Waals surface area contributed by atoms with Gasteiger partial charge in [-0.1, -0.05) is 0 Å². The first kappa shape index (κ1) is 18.4. The van der Waals surface area contributed by atoms with Gasteiger partial charge in [0.1, 0.15) is 11.3 Å². The molecular weight excluding hydrogens is 360 g/mol. The molecule has 0 radical (unpaired) electrons. The van der Waals surface area contributed by atoms with Crippen LogP contribution in [0.5, 0.6) is 0 Å². The maximum Gasteiger partial charge on any atom is 0.349 e. The summed E-state index contributed by atoms with van der Waals surface area (Å²) in [6.07, 6.45) is 1.61. The average molecular weight is 382 g/mol. The molecule has 1 saturated heterocycles. The van der Waals surface area contributed by atoms with Crippen LogP contribution in [0, 0.1) is 20.8 Å². The van der Waals surface area contributed by atoms with E-state index in [0.717, 1.165) is 24.2 Å². The number of nitrogens with one attached hydrogen (secondary N) is 1. The largest absolute Gasteiger partial charge is 0.427 e. The number of carbonyl (C=O) groups excluding carboxylic acids is 1. The first-order chi connectivity index (χ1) is 13.4. The Morgan fingerprint density at radius 2 is 1.93 bits per heavy atom. The lowest BCUT2D eigenvalue weighted by molar-refractivity contribution is 0.0796. The highest BCUT2D eigenvalue weighted by molar-refractivity contribution is 6.04. The number of fused-ring (bicyclic) bond motifs is 1. The molecule has 3 aromatic heterocycles. The molecule has 0 spiro atoms. The molecule has 1 fully saturated rings. The summed E-state index contributed by atoms with van der Waals surface area (Å²) in [6.45, 7) is 6.85. The summed E-state index contributed by atoms with van der Waals surface area (Å²) in [4.78, 5) is 29.6. The second-order valence-corrected chi connectivity index (χ2v) is 7.17. The van der Waals surface area contributed by atoms with Gasteiger partial charge in [0, 0.05) is 36.6 Å². The third-order valence-electron chi connectivity index (χ3n) is 4.99. The van der Waals surface area contributed by atoms with Crippen molar-refractivity contribution < 1.29 is 13.9 Å². The summed E-state index contributed by atoms with van der Waals surface area (Å²) in [5.41, 5.74) is 2.35. The van der Waals surface area contributed by atoms with Gasteiger partial charge < -0.3 is 14.5 Å². The molecule has 0 aliphatic carbocycles. The topological polar surface area (TPSA) is 98.7 Å². The highest BCUT2D eigenvalue weighted by atomic mass is 16.5. The summed E-state index contributed by atoms with van der Waals surface area (Å²) in [7, 11) is 0. The molecule has 1 N–H and O–H groups in total. The standard InChI is InChI=1S/C20H22N4O4/c1-11-8-15(14-4-6-27-7-5-14)28-20(26)18(11)19(25)22-16-10-17-21-12(2)9-13(3)24(17)23-16/h8-10,14H,4-7H2,1-3H3,(H,22,23,25). The van der Waals surface area contributed by atoms with Gasteiger partial charge in [0.25, 0.3) is 5.91 Å². The van der Waals surface area contributed by atoms with Crippen LogP contribution in [0.2, 0.25) is 0 Å². The number of aryl methyl sites for hydroxylation is 3. The van der Waals surface area contributed by atoms with Crippen LogP contribution in [0.15, 0.2) is 27.4 Å². The number of carbonyl (C=O) groups is 1. The van der Waals surface area contributed by atoms with Crippen LogP contribution < -0.4 is 10.9 Å². The van der Waals surface area contributed by atoms with Crippen molar-refractivity contribution in [3.63, 3.8) is 0 Å². The predicted molar refractivity (Wildman–Crippen MR) is 103 cm³/mol. The predicted octanol–water partition coefficient (Wildman–Crippen LogP) is 2.75. The molecule has 3 aromatic rings. The lowest BCUT2D eigenvalue weighted by Crippen LogP contribution is -2.24. The van der Waals surface area contributed by atoms with Gasteiger partial charge >= 0.3 is 5.63 Å². The van der Waals surface area contributed by atoms with Gasteiger partial charge in [-0.3, -0.25) is 4.79 Å². The molecule has 0 saturated carbocycles. The van der Waals surface area contributed by atoms with Gasteiger partial charge in [0.05, 0.1) is 0 Å². The van der Waals surface area contributed by atoms with Crippen molar-refractivity contribution in [3.8, 4) is 0 Å². The number of ether oxygens (including phenoxy) is 1. The number of rotatable bonds is 3. The van der Waals surface area contributed by atoms with Crippen LogP contribution in [0.3, 0.4) is 0 Å². The van der Waals surface area contributed by atoms with Crippen molar-refractivity contribution in [2.75, 3.05) is 18.5 Å². The van der Waals surface area contributed by atoms with E-state index >= 15 is 0 Å². The smallest absolute Gasteiger partial charge is 0.349 e. The van der Waals surface area contributed by atoms with Gasteiger partial charge in [-0.2, -0.15) is 0 Å². The number of hydrogen-bond donors (Lipinski definition) is 1. The van der Waals surface area contributed by atoms with Crippen LogP contribution in [0.4, 0.5) is 5.82 Å². The zero-order valence-electron chi connectivity index (χ0n) is 16.1. The van der Waals surface area contributed by atoms with E-state index in [9.17, 15) is 9.59 Å². The number of aromatic nitrogens is 3. The fraction of sp³-hybridized carbons (Fsp3) is 0.400. The number of nitrogens with zero attached hydrogens (tertiary/aromatic N) is 3. The van der Waals surface area contributed by atoms with Crippen molar-refractivity contribution in [3.05, 3.63) is 56.9 Å². The van der Waals surface area contributed by atoms with Gasteiger partial charge in [0.15, 0.2) is 11.5 Å². The van der Waals surface area contributed by atoms with Gasteiger partial charge in [-0.25, -0.2) is 14.3 Å². The van der Waals surface area contributed by atoms with E-state index in [1.807, 2.05) is 19.9 Å². The molecule has 0 aromatic carbocycles. The molecule has 0 unspecified atom stereocenters. The zero-order chi connectivity index (χ0) is 19.8. The lowest BCUT2D eigenvalue weighted by Gasteiger charge is -2.21. The van der Waals surface area contributed by atoms with Crippen LogP contribution in [-0.2, 0) is 4.74 Å². The van der Waals surface area contributed by atoms with Crippen LogP contribution in [0.1, 0.15) is 51.8 Å². The monoisotopic (exact) mass is 382 g/mol. The van der Waals surface area contributed by atoms with Crippen LogP contribution in [0.25, 0.3) is 5.65 Å². The summed E-state index contributed by atoms with van der Waals surface area (Å²) in [5, 5.41) is 7.03. The molecule has 1 aliphatic heterocycles. The summed E-state index contributed by atoms with van der Waals surface area (Å²) >= 11 is 0. The Morgan fingerprint density at radius 1 is 1.18 bits per heavy atom. The quantitative estimate of drug-likeness (QED) is 0.748. The minimum atomic E-state index is -0.632. The fourth-order valence-corrected chi connectivity index (χ4v) is 3.62. The van der Waals surface area contributed by atoms with Gasteiger partial charge in [0.2, 0.25) is 0 Å². The van der Waals surface area contributed by atoms with Crippen molar-refractivity contribution in [1.29, 1.82) is 0 Å². The highest BCUT2D eigenvalue weighted by Crippen LogP contribution is 2.27. The highest BCUT2D eigenvalue weighted by Gasteiger charge is 2.23. The Morgan fingerprint density at radius 3 is 2.64 bits per heavy atom. The summed E-state index contributed by atoms with van der Waals surface area (Å²) in [5.74, 6) is 0.555. The molecule has 8 heteroatoms. The molecular formula is C20H22N4O4. The Hall–Kier alpha value is -3.00. The van der Waals surface area contributed by atoms with E-state index in [1.165, 1.54) is 0 Å². The van der Waals surface area contributed by atoms with Crippen LogP contribution in [-0.4, -0.2) is 33.7 Å². The van der Waals surface area contributed by atoms with E-state index in [1.54, 1.807) is 23.6 Å². The molecule has 8 nitrogen and oxygen atoms in total. The number of hydrogen-bond acceptors (Lipinski definition) is 6. The first-order valence-electron chi connectivity index (χ1n) is 9.30. The van der Waals surface area contributed by atoms with E-state index in [0.29, 0.717) is 36.0 Å². The molecule has 28 heavy (non-hydrogen) atoms. The minimum Gasteiger partial charge on any atom is -0.427 e. The van der Waals surface area contributed by atoms with Crippen molar-refractivity contribution >= 4 is 17.4 Å². The molecule has 1 amide bonds. The average Bonchev–Trinajstić information content (AvgIpc) is 3.04. The van der Waals surface area contributed by atoms with Gasteiger partial charge in [-0.15, -0.1) is 5.10 Å². The minimum absolute atomic E-state index is 0.00581. The Bertz CT molecular complexity index is 1110. The lowest BCUT2D eigenvalue weighted by atomic mass is 9.95. The Balaban J connectivity index is 1.61. The normalized spacial score (nSPS) is 15.1. The zero-order valence-corrected chi connectivity index (χ0v) is 16.1.